The largest absolute Gasteiger partial charge is 0.583 e. The van der Waals surface area contributed by atoms with Crippen LogP contribution >= 0.6 is 0 Å². The van der Waals surface area contributed by atoms with E-state index in [9.17, 15) is 9.82 Å². The second kappa shape index (κ2) is 10.2. The molecular weight excluding hydrogens is 491 g/mol. The van der Waals surface area contributed by atoms with Gasteiger partial charge < -0.3 is 24.4 Å². The minimum absolute atomic E-state index is 0.0259. The van der Waals surface area contributed by atoms with Crippen LogP contribution in [0.5, 0.6) is 0 Å². The number of hydrogen-bond acceptors (Lipinski definition) is 8. The average Bonchev–Trinajstić information content (AvgIpc) is 2.95. The summed E-state index contributed by atoms with van der Waals surface area (Å²) in [7, 11) is -1.08. The van der Waals surface area contributed by atoms with Gasteiger partial charge in [0.25, 0.3) is 0 Å². The lowest BCUT2D eigenvalue weighted by Crippen LogP contribution is -2.37. The fourth-order valence-corrected chi connectivity index (χ4v) is 5.60. The van der Waals surface area contributed by atoms with Gasteiger partial charge in [-0.1, -0.05) is 18.2 Å². The Bertz CT molecular complexity index is 1640. The summed E-state index contributed by atoms with van der Waals surface area (Å²) in [6.45, 7) is 7.75. The van der Waals surface area contributed by atoms with E-state index in [0.29, 0.717) is 27.9 Å². The lowest BCUT2D eigenvalue weighted by Gasteiger charge is -2.29. The maximum Gasteiger partial charge on any atom is 0.583 e. The van der Waals surface area contributed by atoms with Crippen molar-refractivity contribution in [2.75, 3.05) is 23.3 Å². The SMILES string of the molecule is Cc1cc([C@@H](C)Nc2cccnc2-c2ccc3c(c2)C=NOB3O)c2oc(N3CCCCC3)c(C)c(=O)c2c1. The monoisotopic (exact) mass is 522 g/mol. The smallest absolute Gasteiger partial charge is 0.440 e. The summed E-state index contributed by atoms with van der Waals surface area (Å²) in [6, 6.07) is 13.4. The number of piperidine rings is 1. The topological polar surface area (TPSA) is 100 Å². The molecule has 1 atom stereocenters. The summed E-state index contributed by atoms with van der Waals surface area (Å²) < 4.78 is 11.5. The Morgan fingerprint density at radius 1 is 1.10 bits per heavy atom. The molecule has 2 aromatic heterocycles. The number of benzene rings is 2. The molecule has 0 aliphatic carbocycles. The highest BCUT2D eigenvalue weighted by atomic mass is 16.6. The molecule has 2 aliphatic rings. The van der Waals surface area contributed by atoms with Crippen LogP contribution in [0.2, 0.25) is 0 Å². The fraction of sp³-hybridized carbons (Fsp3) is 0.300. The average molecular weight is 522 g/mol. The van der Waals surface area contributed by atoms with Gasteiger partial charge >= 0.3 is 7.12 Å². The molecule has 2 aromatic carbocycles. The van der Waals surface area contributed by atoms with E-state index in [4.69, 9.17) is 9.17 Å². The van der Waals surface area contributed by atoms with Gasteiger partial charge in [0, 0.05) is 35.9 Å². The van der Waals surface area contributed by atoms with Crippen LogP contribution in [0.1, 0.15) is 54.5 Å². The highest BCUT2D eigenvalue weighted by molar-refractivity contribution is 6.62. The van der Waals surface area contributed by atoms with Gasteiger partial charge in [-0.2, -0.15) is 0 Å². The molecule has 0 saturated carbocycles. The number of aromatic nitrogens is 1. The van der Waals surface area contributed by atoms with Gasteiger partial charge in [0.1, 0.15) is 5.58 Å². The molecular formula is C30H31BN4O4. The first-order chi connectivity index (χ1) is 18.9. The summed E-state index contributed by atoms with van der Waals surface area (Å²) in [5, 5.41) is 18.1. The first kappa shape index (κ1) is 25.2. The van der Waals surface area contributed by atoms with E-state index in [1.807, 2.05) is 50.2 Å². The molecule has 0 amide bonds. The Morgan fingerprint density at radius 2 is 1.92 bits per heavy atom. The molecule has 2 N–H and O–H groups in total. The molecule has 2 aliphatic heterocycles. The van der Waals surface area contributed by atoms with Crippen molar-refractivity contribution in [1.29, 1.82) is 0 Å². The lowest BCUT2D eigenvalue weighted by atomic mass is 9.75. The Labute approximate surface area is 227 Å². The van der Waals surface area contributed by atoms with Crippen LogP contribution in [-0.4, -0.2) is 36.4 Å². The van der Waals surface area contributed by atoms with E-state index in [0.717, 1.165) is 59.6 Å². The van der Waals surface area contributed by atoms with Crippen molar-refractivity contribution in [1.82, 2.24) is 4.98 Å². The maximum atomic E-state index is 13.5. The first-order valence-electron chi connectivity index (χ1n) is 13.5. The first-order valence-corrected chi connectivity index (χ1v) is 13.5. The molecule has 39 heavy (non-hydrogen) atoms. The second-order valence-electron chi connectivity index (χ2n) is 10.4. The Balaban J connectivity index is 1.40. The molecule has 4 heterocycles. The van der Waals surface area contributed by atoms with Crippen LogP contribution < -0.4 is 21.1 Å². The van der Waals surface area contributed by atoms with Crippen molar-refractivity contribution in [2.45, 2.75) is 46.1 Å². The molecule has 0 spiro atoms. The van der Waals surface area contributed by atoms with E-state index in [1.54, 1.807) is 12.4 Å². The van der Waals surface area contributed by atoms with Gasteiger partial charge in [-0.15, -0.1) is 5.16 Å². The molecule has 4 aromatic rings. The molecule has 0 radical (unpaired) electrons. The number of rotatable bonds is 5. The number of pyridine rings is 1. The van der Waals surface area contributed by atoms with Crippen molar-refractivity contribution < 1.29 is 14.2 Å². The third-order valence-electron chi connectivity index (χ3n) is 7.64. The van der Waals surface area contributed by atoms with Gasteiger partial charge in [-0.25, -0.2) is 0 Å². The highest BCUT2D eigenvalue weighted by Gasteiger charge is 2.26. The van der Waals surface area contributed by atoms with Crippen molar-refractivity contribution >= 4 is 41.3 Å². The molecule has 198 valence electrons. The second-order valence-corrected chi connectivity index (χ2v) is 10.4. The van der Waals surface area contributed by atoms with Crippen molar-refractivity contribution in [3.05, 3.63) is 81.1 Å². The Hall–Kier alpha value is -4.11. The number of fused-ring (bicyclic) bond motifs is 2. The minimum atomic E-state index is -1.08. The molecule has 0 bridgehead atoms. The van der Waals surface area contributed by atoms with E-state index in [-0.39, 0.29) is 11.5 Å². The summed E-state index contributed by atoms with van der Waals surface area (Å²) in [4.78, 5) is 20.4. The zero-order valence-electron chi connectivity index (χ0n) is 22.4. The number of nitrogens with one attached hydrogen (secondary N) is 1. The van der Waals surface area contributed by atoms with Crippen LogP contribution in [0, 0.1) is 13.8 Å². The number of aryl methyl sites for hydroxylation is 1. The van der Waals surface area contributed by atoms with Crippen LogP contribution in [-0.2, 0) is 4.76 Å². The Morgan fingerprint density at radius 3 is 2.74 bits per heavy atom. The van der Waals surface area contributed by atoms with Gasteiger partial charge in [0.05, 0.1) is 34.6 Å². The minimum Gasteiger partial charge on any atom is -0.440 e. The van der Waals surface area contributed by atoms with Gasteiger partial charge in [0.2, 0.25) is 5.88 Å². The van der Waals surface area contributed by atoms with E-state index >= 15 is 0 Å². The third kappa shape index (κ3) is 4.67. The number of anilines is 2. The van der Waals surface area contributed by atoms with E-state index < -0.39 is 7.12 Å². The van der Waals surface area contributed by atoms with Gasteiger partial charge in [-0.3, -0.25) is 9.78 Å². The highest BCUT2D eigenvalue weighted by Crippen LogP contribution is 2.34. The number of hydrogen-bond donors (Lipinski definition) is 2. The van der Waals surface area contributed by atoms with Crippen LogP contribution in [0.25, 0.3) is 22.2 Å². The standard InChI is InChI=1S/C30H31BN4O4/c1-18-14-23(29-24(15-18)28(36)19(2)30(38-29)35-12-5-4-6-13-35)20(3)34-26-8-7-11-32-27(26)21-9-10-25-22(16-21)17-33-39-31(25)37/h7-11,14-17,20,34,37H,4-6,12-13H2,1-3H3/t20-/m1/s1. The molecule has 6 rings (SSSR count). The van der Waals surface area contributed by atoms with E-state index in [2.05, 4.69) is 33.3 Å². The van der Waals surface area contributed by atoms with E-state index in [1.165, 1.54) is 6.42 Å². The molecule has 0 unspecified atom stereocenters. The summed E-state index contributed by atoms with van der Waals surface area (Å²) in [5.41, 5.74) is 7.18. The van der Waals surface area contributed by atoms with Crippen LogP contribution in [0.4, 0.5) is 11.6 Å². The lowest BCUT2D eigenvalue weighted by molar-refractivity contribution is 0.286. The summed E-state index contributed by atoms with van der Waals surface area (Å²) in [6.07, 6.45) is 6.75. The fourth-order valence-electron chi connectivity index (χ4n) is 5.60. The van der Waals surface area contributed by atoms with Gasteiger partial charge in [0.15, 0.2) is 5.43 Å². The maximum absolute atomic E-state index is 13.5. The van der Waals surface area contributed by atoms with Crippen molar-refractivity contribution in [3.63, 3.8) is 0 Å². The molecule has 1 fully saturated rings. The third-order valence-corrected chi connectivity index (χ3v) is 7.64. The zero-order valence-corrected chi connectivity index (χ0v) is 22.4. The zero-order chi connectivity index (χ0) is 27.1. The molecule has 9 heteroatoms. The predicted molar refractivity (Wildman–Crippen MR) is 156 cm³/mol. The van der Waals surface area contributed by atoms with Crippen molar-refractivity contribution in [2.24, 2.45) is 5.16 Å². The Kier molecular flexibility index (Phi) is 6.60. The number of oxime groups is 1. The van der Waals surface area contributed by atoms with Crippen LogP contribution in [0.3, 0.4) is 0 Å². The summed E-state index contributed by atoms with van der Waals surface area (Å²) >= 11 is 0. The van der Waals surface area contributed by atoms with Crippen molar-refractivity contribution in [3.8, 4) is 11.3 Å². The number of nitrogens with zero attached hydrogens (tertiary/aromatic N) is 3. The predicted octanol–water partition coefficient (Wildman–Crippen LogP) is 4.69. The van der Waals surface area contributed by atoms with Crippen LogP contribution in [0.15, 0.2) is 63.0 Å². The molecule has 1 saturated heterocycles. The summed E-state index contributed by atoms with van der Waals surface area (Å²) in [5.74, 6) is 0.688. The quantitative estimate of drug-likeness (QED) is 0.367. The van der Waals surface area contributed by atoms with Gasteiger partial charge in [-0.05, 0) is 75.4 Å². The molecule has 8 nitrogen and oxygen atoms in total. The normalized spacial score (nSPS) is 15.7.